The van der Waals surface area contributed by atoms with Gasteiger partial charge in [0.2, 0.25) is 0 Å². The van der Waals surface area contributed by atoms with Crippen LogP contribution in [0.4, 0.5) is 0 Å². The van der Waals surface area contributed by atoms with Crippen molar-refractivity contribution in [2.24, 2.45) is 0 Å². The maximum absolute atomic E-state index is 11.4. The Labute approximate surface area is 152 Å². The van der Waals surface area contributed by atoms with Gasteiger partial charge in [-0.05, 0) is 20.8 Å². The maximum atomic E-state index is 11.4. The lowest BCUT2D eigenvalue weighted by molar-refractivity contribution is -0.119. The molecule has 26 heavy (non-hydrogen) atoms. The van der Waals surface area contributed by atoms with E-state index in [0.717, 1.165) is 0 Å². The van der Waals surface area contributed by atoms with E-state index in [0.29, 0.717) is 0 Å². The smallest absolute Gasteiger partial charge is 0.374 e. The number of phosphoric acid groups is 1. The molecule has 1 fully saturated rings. The molecule has 0 aliphatic carbocycles. The molecular weight excluding hydrogens is 367 g/mol. The van der Waals surface area contributed by atoms with E-state index in [2.05, 4.69) is 11.9 Å². The molecule has 1 saturated heterocycles. The van der Waals surface area contributed by atoms with Crippen molar-refractivity contribution in [1.82, 2.24) is 10.2 Å². The Balaban J connectivity index is 2.30. The number of carbonyl (C=O) groups is 1. The third-order valence-corrected chi connectivity index (χ3v) is 4.54. The fraction of sp³-hybridized carbons (Fsp3) is 0.667. The minimum Gasteiger partial charge on any atom is -0.374 e. The predicted octanol–water partition coefficient (Wildman–Crippen LogP) is 0.434. The van der Waals surface area contributed by atoms with Crippen LogP contribution in [-0.2, 0) is 28.1 Å². The van der Waals surface area contributed by atoms with Crippen molar-refractivity contribution < 1.29 is 37.9 Å². The summed E-state index contributed by atoms with van der Waals surface area (Å²) in [6.45, 7) is 8.92. The number of carbonyl (C=O) groups excluding carboxylic acids is 1. The highest BCUT2D eigenvalue weighted by Gasteiger charge is 2.52. The van der Waals surface area contributed by atoms with E-state index in [4.69, 9.17) is 28.5 Å². The van der Waals surface area contributed by atoms with Gasteiger partial charge in [-0.1, -0.05) is 6.58 Å². The first-order chi connectivity index (χ1) is 12.0. The van der Waals surface area contributed by atoms with Crippen LogP contribution in [0.3, 0.4) is 0 Å². The highest BCUT2D eigenvalue weighted by atomic mass is 31.2. The standard InChI is InChI=1S/C15H25N2O8P/c1-8(2)23-13-12(9(3)25-26(19,20)21)24-15(14(13)22-5)17-7-6-11(18)16-10(17)4/h6-9,12-15H,4H2,1-3,5H3,(H,16,18)(H2,19,20,21)/t9-,12+,13?,14-,15+/m0/s1. The average molecular weight is 392 g/mol. The third kappa shape index (κ3) is 4.92. The van der Waals surface area contributed by atoms with E-state index in [1.807, 2.05) is 13.8 Å². The number of methoxy groups -OCH3 is 1. The highest BCUT2D eigenvalue weighted by Crippen LogP contribution is 2.42. The Morgan fingerprint density at radius 3 is 2.50 bits per heavy atom. The summed E-state index contributed by atoms with van der Waals surface area (Å²) < 4.78 is 33.4. The summed E-state index contributed by atoms with van der Waals surface area (Å²) in [5, 5.41) is 2.56. The minimum atomic E-state index is -4.71. The van der Waals surface area contributed by atoms with Gasteiger partial charge >= 0.3 is 7.82 Å². The first-order valence-electron chi connectivity index (χ1n) is 8.07. The number of nitrogens with one attached hydrogen (secondary N) is 1. The van der Waals surface area contributed by atoms with E-state index >= 15 is 0 Å². The molecule has 0 aromatic carbocycles. The summed E-state index contributed by atoms with van der Waals surface area (Å²) >= 11 is 0. The van der Waals surface area contributed by atoms with Gasteiger partial charge in [-0.3, -0.25) is 9.32 Å². The molecule has 0 bridgehead atoms. The quantitative estimate of drug-likeness (QED) is 0.529. The van der Waals surface area contributed by atoms with Gasteiger partial charge in [0, 0.05) is 19.4 Å². The molecule has 2 rings (SSSR count). The van der Waals surface area contributed by atoms with Crippen LogP contribution in [0, 0.1) is 0 Å². The zero-order valence-electron chi connectivity index (χ0n) is 15.1. The van der Waals surface area contributed by atoms with Crippen molar-refractivity contribution in [2.75, 3.05) is 7.11 Å². The number of rotatable bonds is 7. The summed E-state index contributed by atoms with van der Waals surface area (Å²) in [6.07, 6.45) is -1.19. The van der Waals surface area contributed by atoms with Crippen LogP contribution in [-0.4, -0.2) is 64.5 Å². The Kier molecular flexibility index (Phi) is 6.62. The summed E-state index contributed by atoms with van der Waals surface area (Å²) in [5.41, 5.74) is 0. The minimum absolute atomic E-state index is 0.190. The zero-order valence-corrected chi connectivity index (χ0v) is 16.0. The molecule has 0 radical (unpaired) electrons. The Bertz CT molecular complexity index is 619. The van der Waals surface area contributed by atoms with Gasteiger partial charge in [0.1, 0.15) is 24.1 Å². The molecule has 3 N–H and O–H groups in total. The molecule has 2 heterocycles. The fourth-order valence-corrected chi connectivity index (χ4v) is 3.54. The normalized spacial score (nSPS) is 30.8. The lowest BCUT2D eigenvalue weighted by Gasteiger charge is -2.34. The van der Waals surface area contributed by atoms with E-state index in [1.54, 1.807) is 4.90 Å². The highest BCUT2D eigenvalue weighted by molar-refractivity contribution is 7.46. The lowest BCUT2D eigenvalue weighted by Crippen LogP contribution is -2.48. The zero-order chi connectivity index (χ0) is 19.6. The number of phosphoric ester groups is 1. The first kappa shape index (κ1) is 21.0. The van der Waals surface area contributed by atoms with Crippen LogP contribution in [0.1, 0.15) is 20.8 Å². The van der Waals surface area contributed by atoms with Gasteiger partial charge in [0.15, 0.2) is 6.23 Å². The van der Waals surface area contributed by atoms with Crippen LogP contribution in [0.15, 0.2) is 24.7 Å². The second-order valence-electron chi connectivity index (χ2n) is 6.30. The molecule has 2 aliphatic heterocycles. The lowest BCUT2D eigenvalue weighted by atomic mass is 10.1. The average Bonchev–Trinajstić information content (AvgIpc) is 2.83. The van der Waals surface area contributed by atoms with Gasteiger partial charge in [-0.15, -0.1) is 0 Å². The van der Waals surface area contributed by atoms with Crippen molar-refractivity contribution in [1.29, 1.82) is 0 Å². The molecule has 1 unspecified atom stereocenters. The molecule has 10 nitrogen and oxygen atoms in total. The van der Waals surface area contributed by atoms with Crippen molar-refractivity contribution in [3.05, 3.63) is 24.7 Å². The number of amides is 1. The van der Waals surface area contributed by atoms with E-state index in [-0.39, 0.29) is 17.8 Å². The predicted molar refractivity (Wildman–Crippen MR) is 90.3 cm³/mol. The summed E-state index contributed by atoms with van der Waals surface area (Å²) in [5.74, 6) is -0.0278. The van der Waals surface area contributed by atoms with Gasteiger partial charge in [-0.2, -0.15) is 0 Å². The van der Waals surface area contributed by atoms with E-state index < -0.39 is 38.5 Å². The summed E-state index contributed by atoms with van der Waals surface area (Å²) in [4.78, 5) is 31.2. The van der Waals surface area contributed by atoms with E-state index in [9.17, 15) is 9.36 Å². The van der Waals surface area contributed by atoms with Crippen LogP contribution in [0.2, 0.25) is 0 Å². The second-order valence-corrected chi connectivity index (χ2v) is 7.49. The number of hydrogen-bond acceptors (Lipinski definition) is 7. The molecule has 0 saturated carbocycles. The van der Waals surface area contributed by atoms with Crippen molar-refractivity contribution in [3.63, 3.8) is 0 Å². The van der Waals surface area contributed by atoms with Crippen molar-refractivity contribution >= 4 is 13.7 Å². The van der Waals surface area contributed by atoms with E-state index in [1.165, 1.54) is 26.3 Å². The third-order valence-electron chi connectivity index (χ3n) is 3.93. The fourth-order valence-electron chi connectivity index (χ4n) is 2.99. The molecule has 2 aliphatic rings. The monoisotopic (exact) mass is 392 g/mol. The Hall–Kier alpha value is -1.26. The summed E-state index contributed by atoms with van der Waals surface area (Å²) in [6, 6.07) is 0. The molecule has 0 aromatic rings. The number of nitrogens with zero attached hydrogens (tertiary/aromatic N) is 1. The molecule has 0 spiro atoms. The Morgan fingerprint density at radius 2 is 2.00 bits per heavy atom. The topological polar surface area (TPSA) is 127 Å². The first-order valence-corrected chi connectivity index (χ1v) is 9.60. The Morgan fingerprint density at radius 1 is 1.35 bits per heavy atom. The molecule has 5 atom stereocenters. The molecule has 1 amide bonds. The molecule has 148 valence electrons. The van der Waals surface area contributed by atoms with Crippen LogP contribution >= 0.6 is 7.82 Å². The van der Waals surface area contributed by atoms with Crippen molar-refractivity contribution in [2.45, 2.75) is 57.5 Å². The van der Waals surface area contributed by atoms with Gasteiger partial charge in [0.05, 0.1) is 12.2 Å². The van der Waals surface area contributed by atoms with Gasteiger partial charge < -0.3 is 34.2 Å². The SMILES string of the molecule is C=C1NC(=O)C=CN1[C@@H]1O[C@H]([C@H](C)OP(=O)(O)O)C(OC(C)C)[C@@H]1OC. The largest absolute Gasteiger partial charge is 0.469 e. The number of ether oxygens (including phenoxy) is 3. The van der Waals surface area contributed by atoms with Gasteiger partial charge in [0.25, 0.3) is 5.91 Å². The van der Waals surface area contributed by atoms with Crippen LogP contribution in [0.25, 0.3) is 0 Å². The van der Waals surface area contributed by atoms with Crippen molar-refractivity contribution in [3.8, 4) is 0 Å². The summed E-state index contributed by atoms with van der Waals surface area (Å²) in [7, 11) is -3.24. The second kappa shape index (κ2) is 8.18. The maximum Gasteiger partial charge on any atom is 0.469 e. The van der Waals surface area contributed by atoms with Crippen LogP contribution in [0.5, 0.6) is 0 Å². The van der Waals surface area contributed by atoms with Crippen LogP contribution < -0.4 is 5.32 Å². The molecule has 0 aromatic heterocycles. The van der Waals surface area contributed by atoms with Gasteiger partial charge in [-0.25, -0.2) is 4.57 Å². The number of hydrogen-bond donors (Lipinski definition) is 3. The molecular formula is C15H25N2O8P. The molecule has 11 heteroatoms.